The van der Waals surface area contributed by atoms with Crippen molar-refractivity contribution in [3.63, 3.8) is 0 Å². The average Bonchev–Trinajstić information content (AvgIpc) is 2.49. The third kappa shape index (κ3) is 4.81. The number of hydrogen-bond donors (Lipinski definition) is 2. The number of amides is 2. The lowest BCUT2D eigenvalue weighted by molar-refractivity contribution is -0.118. The minimum atomic E-state index is -0.425. The second kappa shape index (κ2) is 7.40. The number of carbonyl (C=O) groups is 2. The molecule has 0 aliphatic carbocycles. The Balaban J connectivity index is 1.96. The zero-order valence-corrected chi connectivity index (χ0v) is 12.9. The fourth-order valence-electron chi connectivity index (χ4n) is 1.90. The first-order chi connectivity index (χ1) is 11.0. The zero-order valence-electron chi connectivity index (χ0n) is 12.9. The van der Waals surface area contributed by atoms with E-state index in [1.54, 1.807) is 43.3 Å². The van der Waals surface area contributed by atoms with Gasteiger partial charge in [-0.15, -0.1) is 0 Å². The maximum absolute atomic E-state index is 13.4. The number of aryl methyl sites for hydroxylation is 1. The molecule has 0 unspecified atom stereocenters. The van der Waals surface area contributed by atoms with E-state index in [4.69, 9.17) is 4.74 Å². The van der Waals surface area contributed by atoms with Gasteiger partial charge in [0, 0.05) is 12.6 Å². The monoisotopic (exact) mass is 316 g/mol. The summed E-state index contributed by atoms with van der Waals surface area (Å²) in [7, 11) is 0. The number of anilines is 2. The van der Waals surface area contributed by atoms with Crippen molar-refractivity contribution in [1.29, 1.82) is 0 Å². The van der Waals surface area contributed by atoms with Crippen LogP contribution in [0.3, 0.4) is 0 Å². The van der Waals surface area contributed by atoms with Crippen molar-refractivity contribution in [1.82, 2.24) is 0 Å². The van der Waals surface area contributed by atoms with E-state index in [9.17, 15) is 14.0 Å². The summed E-state index contributed by atoms with van der Waals surface area (Å²) in [6.07, 6.45) is 0. The Morgan fingerprint density at radius 3 is 2.57 bits per heavy atom. The van der Waals surface area contributed by atoms with Gasteiger partial charge in [0.15, 0.2) is 6.61 Å². The number of para-hydroxylation sites is 2. The second-order valence-electron chi connectivity index (χ2n) is 4.98. The molecule has 0 spiro atoms. The number of halogens is 1. The summed E-state index contributed by atoms with van der Waals surface area (Å²) < 4.78 is 18.8. The quantitative estimate of drug-likeness (QED) is 0.890. The van der Waals surface area contributed by atoms with Crippen molar-refractivity contribution in [2.24, 2.45) is 0 Å². The molecule has 120 valence electrons. The molecule has 0 aliphatic heterocycles. The predicted octanol–water partition coefficient (Wildman–Crippen LogP) is 3.11. The molecule has 2 aromatic rings. The van der Waals surface area contributed by atoms with Crippen LogP contribution in [0.2, 0.25) is 0 Å². The Morgan fingerprint density at radius 2 is 1.87 bits per heavy atom. The molecule has 6 heteroatoms. The first kappa shape index (κ1) is 16.5. The Morgan fingerprint density at radius 1 is 1.13 bits per heavy atom. The van der Waals surface area contributed by atoms with Crippen molar-refractivity contribution in [3.05, 3.63) is 53.8 Å². The number of rotatable bonds is 5. The van der Waals surface area contributed by atoms with E-state index in [0.717, 1.165) is 0 Å². The molecule has 5 nitrogen and oxygen atoms in total. The number of carbonyl (C=O) groups excluding carboxylic acids is 2. The van der Waals surface area contributed by atoms with Crippen LogP contribution >= 0.6 is 0 Å². The van der Waals surface area contributed by atoms with Gasteiger partial charge in [-0.3, -0.25) is 9.59 Å². The van der Waals surface area contributed by atoms with E-state index in [-0.39, 0.29) is 18.3 Å². The molecule has 2 rings (SSSR count). The molecule has 2 aromatic carbocycles. The topological polar surface area (TPSA) is 67.4 Å². The van der Waals surface area contributed by atoms with Gasteiger partial charge in [-0.2, -0.15) is 0 Å². The Kier molecular flexibility index (Phi) is 5.30. The number of benzene rings is 2. The highest BCUT2D eigenvalue weighted by Crippen LogP contribution is 2.23. The van der Waals surface area contributed by atoms with Crippen molar-refractivity contribution < 1.29 is 18.7 Å². The summed E-state index contributed by atoms with van der Waals surface area (Å²) in [4.78, 5) is 23.0. The van der Waals surface area contributed by atoms with Crippen molar-refractivity contribution in [2.45, 2.75) is 13.8 Å². The molecule has 2 N–H and O–H groups in total. The highest BCUT2D eigenvalue weighted by Gasteiger charge is 2.09. The number of hydrogen-bond acceptors (Lipinski definition) is 3. The van der Waals surface area contributed by atoms with Crippen LogP contribution in [0.25, 0.3) is 0 Å². The third-order valence-corrected chi connectivity index (χ3v) is 3.01. The molecule has 0 atom stereocenters. The van der Waals surface area contributed by atoms with Gasteiger partial charge in [0.05, 0.1) is 5.69 Å². The lowest BCUT2D eigenvalue weighted by atomic mass is 10.2. The summed E-state index contributed by atoms with van der Waals surface area (Å²) in [6.45, 7) is 2.77. The molecule has 0 aliphatic rings. The van der Waals surface area contributed by atoms with Gasteiger partial charge >= 0.3 is 0 Å². The smallest absolute Gasteiger partial charge is 0.262 e. The predicted molar refractivity (Wildman–Crippen MR) is 86.0 cm³/mol. The molecule has 0 saturated carbocycles. The maximum atomic E-state index is 13.4. The molecule has 0 saturated heterocycles. The highest BCUT2D eigenvalue weighted by atomic mass is 19.1. The summed E-state index contributed by atoms with van der Waals surface area (Å²) in [5.74, 6) is -0.667. The minimum absolute atomic E-state index is 0.236. The van der Waals surface area contributed by atoms with Gasteiger partial charge in [0.2, 0.25) is 5.91 Å². The molecule has 0 aromatic heterocycles. The van der Waals surface area contributed by atoms with Crippen LogP contribution in [0.4, 0.5) is 15.8 Å². The van der Waals surface area contributed by atoms with Crippen LogP contribution in [0, 0.1) is 12.7 Å². The molecule has 23 heavy (non-hydrogen) atoms. The lowest BCUT2D eigenvalue weighted by Crippen LogP contribution is -2.20. The maximum Gasteiger partial charge on any atom is 0.262 e. The Labute approximate surface area is 133 Å². The van der Waals surface area contributed by atoms with E-state index in [1.807, 2.05) is 0 Å². The minimum Gasteiger partial charge on any atom is -0.482 e. The van der Waals surface area contributed by atoms with Gasteiger partial charge in [0.25, 0.3) is 5.91 Å². The van der Waals surface area contributed by atoms with Crippen LogP contribution in [0.5, 0.6) is 5.75 Å². The van der Waals surface area contributed by atoms with Crippen LogP contribution in [0.15, 0.2) is 42.5 Å². The summed E-state index contributed by atoms with van der Waals surface area (Å²) in [5, 5.41) is 5.16. The van der Waals surface area contributed by atoms with Crippen molar-refractivity contribution in [3.8, 4) is 5.75 Å². The molecular weight excluding hydrogens is 299 g/mol. The number of ether oxygens (including phenoxy) is 1. The second-order valence-corrected chi connectivity index (χ2v) is 4.98. The summed E-state index contributed by atoms with van der Waals surface area (Å²) >= 11 is 0. The van der Waals surface area contributed by atoms with Crippen molar-refractivity contribution >= 4 is 23.2 Å². The van der Waals surface area contributed by atoms with Gasteiger partial charge < -0.3 is 15.4 Å². The summed E-state index contributed by atoms with van der Waals surface area (Å²) in [6, 6.07) is 11.2. The first-order valence-corrected chi connectivity index (χ1v) is 7.01. The first-order valence-electron chi connectivity index (χ1n) is 7.01. The van der Waals surface area contributed by atoms with Crippen LogP contribution in [-0.4, -0.2) is 18.4 Å². The van der Waals surface area contributed by atoms with Gasteiger partial charge in [-0.1, -0.05) is 18.2 Å². The molecule has 2 amide bonds. The van der Waals surface area contributed by atoms with E-state index < -0.39 is 5.91 Å². The SMILES string of the molecule is CC(=O)Nc1ccccc1OCC(=O)Nc1ccc(C)c(F)c1. The summed E-state index contributed by atoms with van der Waals surface area (Å²) in [5.41, 5.74) is 1.34. The van der Waals surface area contributed by atoms with E-state index in [2.05, 4.69) is 10.6 Å². The highest BCUT2D eigenvalue weighted by molar-refractivity contribution is 5.92. The van der Waals surface area contributed by atoms with E-state index in [1.165, 1.54) is 13.0 Å². The van der Waals surface area contributed by atoms with Gasteiger partial charge in [-0.05, 0) is 36.8 Å². The van der Waals surface area contributed by atoms with Crippen LogP contribution < -0.4 is 15.4 Å². The van der Waals surface area contributed by atoms with Gasteiger partial charge in [-0.25, -0.2) is 4.39 Å². The standard InChI is InChI=1S/C17H17FN2O3/c1-11-7-8-13(9-14(11)18)20-17(22)10-23-16-6-4-3-5-15(16)19-12(2)21/h3-9H,10H2,1-2H3,(H,19,21)(H,20,22). The van der Waals surface area contributed by atoms with Crippen molar-refractivity contribution in [2.75, 3.05) is 17.2 Å². The van der Waals surface area contributed by atoms with Gasteiger partial charge in [0.1, 0.15) is 11.6 Å². The molecule has 0 radical (unpaired) electrons. The average molecular weight is 316 g/mol. The molecule has 0 heterocycles. The Bertz CT molecular complexity index is 732. The largest absolute Gasteiger partial charge is 0.482 e. The molecular formula is C17H17FN2O3. The van der Waals surface area contributed by atoms with Crippen LogP contribution in [-0.2, 0) is 9.59 Å². The number of nitrogens with one attached hydrogen (secondary N) is 2. The Hall–Kier alpha value is -2.89. The molecule has 0 fully saturated rings. The van der Waals surface area contributed by atoms with E-state index >= 15 is 0 Å². The van der Waals surface area contributed by atoms with E-state index in [0.29, 0.717) is 22.7 Å². The fraction of sp³-hybridized carbons (Fsp3) is 0.176. The van der Waals surface area contributed by atoms with Crippen LogP contribution in [0.1, 0.15) is 12.5 Å². The lowest BCUT2D eigenvalue weighted by Gasteiger charge is -2.12. The normalized spacial score (nSPS) is 10.0. The molecule has 0 bridgehead atoms. The zero-order chi connectivity index (χ0) is 16.8. The fourth-order valence-corrected chi connectivity index (χ4v) is 1.90. The third-order valence-electron chi connectivity index (χ3n) is 3.01.